The van der Waals surface area contributed by atoms with Gasteiger partial charge < -0.3 is 15.7 Å². The predicted octanol–water partition coefficient (Wildman–Crippen LogP) is 1.70. The summed E-state index contributed by atoms with van der Waals surface area (Å²) in [5.74, 6) is 0.232. The molecule has 0 unspecified atom stereocenters. The van der Waals surface area contributed by atoms with E-state index in [4.69, 9.17) is 0 Å². The van der Waals surface area contributed by atoms with E-state index < -0.39 is 0 Å². The van der Waals surface area contributed by atoms with Crippen LogP contribution in [0.5, 0.6) is 5.75 Å². The molecular formula is C13H18N2O2. The number of hydrogen-bond acceptors (Lipinski definition) is 3. The number of carbonyl (C=O) groups is 1. The highest BCUT2D eigenvalue weighted by atomic mass is 16.3. The summed E-state index contributed by atoms with van der Waals surface area (Å²) in [5.41, 5.74) is 2.22. The highest BCUT2D eigenvalue weighted by Crippen LogP contribution is 2.28. The number of hydrogen-bond donors (Lipinski definition) is 3. The summed E-state index contributed by atoms with van der Waals surface area (Å²) in [5, 5.41) is 15.8. The van der Waals surface area contributed by atoms with E-state index in [2.05, 4.69) is 10.6 Å². The van der Waals surface area contributed by atoms with Crippen molar-refractivity contribution in [2.45, 2.75) is 32.7 Å². The number of nitrogens with one attached hydrogen (secondary N) is 2. The van der Waals surface area contributed by atoms with Gasteiger partial charge in [0.25, 0.3) is 0 Å². The molecule has 1 atom stereocenters. The van der Waals surface area contributed by atoms with Crippen LogP contribution in [0.4, 0.5) is 5.69 Å². The third kappa shape index (κ3) is 2.42. The van der Waals surface area contributed by atoms with E-state index in [1.807, 2.05) is 13.0 Å². The van der Waals surface area contributed by atoms with Gasteiger partial charge in [-0.05, 0) is 44.9 Å². The zero-order valence-electron chi connectivity index (χ0n) is 10.2. The van der Waals surface area contributed by atoms with Gasteiger partial charge in [0.1, 0.15) is 5.75 Å². The number of aromatic hydroxyl groups is 1. The van der Waals surface area contributed by atoms with Crippen LogP contribution in [0.2, 0.25) is 0 Å². The molecule has 4 heteroatoms. The van der Waals surface area contributed by atoms with Crippen LogP contribution in [0.25, 0.3) is 0 Å². The van der Waals surface area contributed by atoms with E-state index in [0.717, 1.165) is 30.5 Å². The summed E-state index contributed by atoms with van der Waals surface area (Å²) < 4.78 is 0. The molecule has 92 valence electrons. The first-order chi connectivity index (χ1) is 8.09. The van der Waals surface area contributed by atoms with Gasteiger partial charge in [0.15, 0.2) is 0 Å². The van der Waals surface area contributed by atoms with Crippen molar-refractivity contribution >= 4 is 11.6 Å². The summed E-state index contributed by atoms with van der Waals surface area (Å²) in [6.07, 6.45) is 1.92. The number of aryl methyl sites for hydroxylation is 1. The number of benzene rings is 1. The zero-order valence-corrected chi connectivity index (χ0v) is 10.2. The number of phenolic OH excluding ortho intramolecular Hbond substituents is 1. The first-order valence-electron chi connectivity index (χ1n) is 5.93. The quantitative estimate of drug-likeness (QED) is 0.730. The Hall–Kier alpha value is -1.55. The van der Waals surface area contributed by atoms with Gasteiger partial charge in [0, 0.05) is 11.3 Å². The van der Waals surface area contributed by atoms with E-state index in [0.29, 0.717) is 5.69 Å². The van der Waals surface area contributed by atoms with Crippen LogP contribution < -0.4 is 10.6 Å². The molecule has 1 fully saturated rings. The Bertz CT molecular complexity index is 437. The van der Waals surface area contributed by atoms with E-state index in [1.54, 1.807) is 13.0 Å². The van der Waals surface area contributed by atoms with Crippen molar-refractivity contribution in [3.05, 3.63) is 23.3 Å². The molecule has 4 nitrogen and oxygen atoms in total. The molecule has 0 aliphatic carbocycles. The fourth-order valence-electron chi connectivity index (χ4n) is 2.10. The smallest absolute Gasteiger partial charge is 0.241 e. The van der Waals surface area contributed by atoms with Crippen LogP contribution in [0.15, 0.2) is 12.1 Å². The lowest BCUT2D eigenvalue weighted by Crippen LogP contribution is -2.35. The Morgan fingerprint density at radius 3 is 2.88 bits per heavy atom. The van der Waals surface area contributed by atoms with Gasteiger partial charge in [-0.2, -0.15) is 0 Å². The van der Waals surface area contributed by atoms with Crippen LogP contribution >= 0.6 is 0 Å². The number of amides is 1. The van der Waals surface area contributed by atoms with Crippen LogP contribution in [0.1, 0.15) is 24.0 Å². The topological polar surface area (TPSA) is 61.4 Å². The lowest BCUT2D eigenvalue weighted by molar-refractivity contribution is -0.117. The number of anilines is 1. The molecule has 1 saturated heterocycles. The molecule has 0 radical (unpaired) electrons. The number of rotatable bonds is 2. The lowest BCUT2D eigenvalue weighted by Gasteiger charge is -2.14. The second kappa shape index (κ2) is 4.75. The predicted molar refractivity (Wildman–Crippen MR) is 67.2 cm³/mol. The molecule has 0 bridgehead atoms. The van der Waals surface area contributed by atoms with Gasteiger partial charge in [0.05, 0.1) is 6.04 Å². The Morgan fingerprint density at radius 1 is 1.47 bits per heavy atom. The summed E-state index contributed by atoms with van der Waals surface area (Å²) in [4.78, 5) is 11.9. The third-order valence-corrected chi connectivity index (χ3v) is 3.27. The fraction of sp³-hybridized carbons (Fsp3) is 0.462. The number of phenols is 1. The van der Waals surface area contributed by atoms with Gasteiger partial charge in [-0.15, -0.1) is 0 Å². The van der Waals surface area contributed by atoms with Crippen molar-refractivity contribution < 1.29 is 9.90 Å². The summed E-state index contributed by atoms with van der Waals surface area (Å²) in [6, 6.07) is 3.54. The van der Waals surface area contributed by atoms with Crippen molar-refractivity contribution in [3.8, 4) is 5.75 Å². The highest BCUT2D eigenvalue weighted by Gasteiger charge is 2.22. The molecule has 1 heterocycles. The van der Waals surface area contributed by atoms with Crippen LogP contribution in [-0.4, -0.2) is 23.6 Å². The van der Waals surface area contributed by atoms with E-state index in [-0.39, 0.29) is 17.7 Å². The molecule has 1 aromatic carbocycles. The van der Waals surface area contributed by atoms with Gasteiger partial charge in [0.2, 0.25) is 5.91 Å². The average Bonchev–Trinajstić information content (AvgIpc) is 2.83. The SMILES string of the molecule is Cc1ccc(NC(=O)[C@H]2CCCN2)c(C)c1O. The van der Waals surface area contributed by atoms with Crippen molar-refractivity contribution in [2.24, 2.45) is 0 Å². The second-order valence-electron chi connectivity index (χ2n) is 4.54. The standard InChI is InChI=1S/C13H18N2O2/c1-8-5-6-10(9(2)12(8)16)15-13(17)11-4-3-7-14-11/h5-6,11,14,16H,3-4,7H2,1-2H3,(H,15,17)/t11-/m1/s1. The van der Waals surface area contributed by atoms with Crippen molar-refractivity contribution in [1.29, 1.82) is 0 Å². The normalized spacial score (nSPS) is 19.3. The Kier molecular flexibility index (Phi) is 3.33. The maximum atomic E-state index is 11.9. The molecular weight excluding hydrogens is 216 g/mol. The molecule has 17 heavy (non-hydrogen) atoms. The molecule has 0 saturated carbocycles. The Labute approximate surface area is 101 Å². The van der Waals surface area contributed by atoms with Crippen LogP contribution in [0.3, 0.4) is 0 Å². The maximum Gasteiger partial charge on any atom is 0.241 e. The van der Waals surface area contributed by atoms with Crippen molar-refractivity contribution in [3.63, 3.8) is 0 Å². The minimum atomic E-state index is -0.0992. The molecule has 2 rings (SSSR count). The van der Waals surface area contributed by atoms with E-state index in [1.165, 1.54) is 0 Å². The van der Waals surface area contributed by atoms with Crippen LogP contribution in [0, 0.1) is 13.8 Å². The fourth-order valence-corrected chi connectivity index (χ4v) is 2.10. The van der Waals surface area contributed by atoms with E-state index in [9.17, 15) is 9.90 Å². The van der Waals surface area contributed by atoms with Gasteiger partial charge in [-0.1, -0.05) is 6.07 Å². The minimum absolute atomic E-state index is 0.0196. The molecule has 1 aliphatic heterocycles. The first kappa shape index (κ1) is 11.9. The molecule has 1 amide bonds. The van der Waals surface area contributed by atoms with Gasteiger partial charge in [-0.25, -0.2) is 0 Å². The zero-order chi connectivity index (χ0) is 12.4. The van der Waals surface area contributed by atoms with Crippen molar-refractivity contribution in [1.82, 2.24) is 5.32 Å². The summed E-state index contributed by atoms with van der Waals surface area (Å²) in [7, 11) is 0. The third-order valence-electron chi connectivity index (χ3n) is 3.27. The molecule has 1 aromatic rings. The van der Waals surface area contributed by atoms with Crippen molar-refractivity contribution in [2.75, 3.05) is 11.9 Å². The van der Waals surface area contributed by atoms with Gasteiger partial charge in [-0.3, -0.25) is 4.79 Å². The highest BCUT2D eigenvalue weighted by molar-refractivity contribution is 5.96. The second-order valence-corrected chi connectivity index (χ2v) is 4.54. The summed E-state index contributed by atoms with van der Waals surface area (Å²) in [6.45, 7) is 4.54. The monoisotopic (exact) mass is 234 g/mol. The summed E-state index contributed by atoms with van der Waals surface area (Å²) >= 11 is 0. The largest absolute Gasteiger partial charge is 0.507 e. The van der Waals surface area contributed by atoms with E-state index >= 15 is 0 Å². The maximum absolute atomic E-state index is 11.9. The molecule has 3 N–H and O–H groups in total. The first-order valence-corrected chi connectivity index (χ1v) is 5.93. The van der Waals surface area contributed by atoms with Gasteiger partial charge >= 0.3 is 0 Å². The van der Waals surface area contributed by atoms with Crippen LogP contribution in [-0.2, 0) is 4.79 Å². The number of carbonyl (C=O) groups excluding carboxylic acids is 1. The molecule has 0 spiro atoms. The molecule has 1 aliphatic rings. The average molecular weight is 234 g/mol. The minimum Gasteiger partial charge on any atom is -0.507 e. The lowest BCUT2D eigenvalue weighted by atomic mass is 10.1. The molecule has 0 aromatic heterocycles. The Morgan fingerprint density at radius 2 is 2.24 bits per heavy atom. The Balaban J connectivity index is 2.13.